The maximum Gasteiger partial charge on any atom is 0.414 e. The first-order valence-electron chi connectivity index (χ1n) is 11.9. The molecule has 200 valence electrons. The minimum atomic E-state index is -0.790. The van der Waals surface area contributed by atoms with Crippen LogP contribution in [-0.2, 0) is 19.0 Å². The van der Waals surface area contributed by atoms with E-state index in [1.54, 1.807) is 44.7 Å². The number of benzene rings is 1. The molecule has 1 aromatic rings. The second-order valence-electron chi connectivity index (χ2n) is 9.58. The summed E-state index contributed by atoms with van der Waals surface area (Å²) in [5, 5.41) is 5.35. The number of cyclic esters (lactones) is 1. The molecule has 3 rings (SSSR count). The van der Waals surface area contributed by atoms with Gasteiger partial charge in [0.15, 0.2) is 0 Å². The summed E-state index contributed by atoms with van der Waals surface area (Å²) in [7, 11) is 0. The predicted octanol–water partition coefficient (Wildman–Crippen LogP) is 2.75. The van der Waals surface area contributed by atoms with E-state index in [1.165, 1.54) is 11.0 Å². The number of carbonyl (C=O) groups excluding carboxylic acids is 3. The molecule has 12 heteroatoms. The Morgan fingerprint density at radius 2 is 2.00 bits per heavy atom. The standard InChI is InChI=1S/C24H35FN4O6S/c1-24(2,3)35-22(31)27-19(7-12-36-4)21(30)26-14-17-15-29(23(32)34-17)16-5-6-20(18(25)13-16)28-8-10-33-11-9-28/h5-6,13,17,19H,7-12,14-15H2,1-4H3,(H,26,30)(H,27,31)/t17-,19-/m0/s1. The van der Waals surface area contributed by atoms with Crippen molar-refractivity contribution in [2.24, 2.45) is 0 Å². The fourth-order valence-electron chi connectivity index (χ4n) is 3.86. The average molecular weight is 527 g/mol. The monoisotopic (exact) mass is 526 g/mol. The number of alkyl carbamates (subject to hydrolysis) is 1. The Labute approximate surface area is 215 Å². The van der Waals surface area contributed by atoms with Crippen LogP contribution in [0.15, 0.2) is 18.2 Å². The van der Waals surface area contributed by atoms with Crippen LogP contribution in [0, 0.1) is 5.82 Å². The van der Waals surface area contributed by atoms with E-state index in [1.807, 2.05) is 11.2 Å². The van der Waals surface area contributed by atoms with Crippen LogP contribution in [0.5, 0.6) is 0 Å². The molecule has 0 spiro atoms. The highest BCUT2D eigenvalue weighted by molar-refractivity contribution is 7.98. The van der Waals surface area contributed by atoms with Crippen LogP contribution in [-0.4, -0.2) is 87.2 Å². The summed E-state index contributed by atoms with van der Waals surface area (Å²) in [4.78, 5) is 40.6. The Bertz CT molecular complexity index is 938. The van der Waals surface area contributed by atoms with Crippen LogP contribution < -0.4 is 20.4 Å². The molecule has 1 aromatic carbocycles. The Kier molecular flexibility index (Phi) is 9.66. The fourth-order valence-corrected chi connectivity index (χ4v) is 4.33. The van der Waals surface area contributed by atoms with Gasteiger partial charge in [-0.25, -0.2) is 14.0 Å². The first kappa shape index (κ1) is 27.9. The molecular formula is C24H35FN4O6S. The van der Waals surface area contributed by atoms with Gasteiger partial charge in [0, 0.05) is 13.1 Å². The Morgan fingerprint density at radius 1 is 1.28 bits per heavy atom. The van der Waals surface area contributed by atoms with E-state index >= 15 is 0 Å². The largest absolute Gasteiger partial charge is 0.444 e. The highest BCUT2D eigenvalue weighted by Gasteiger charge is 2.34. The van der Waals surface area contributed by atoms with Crippen molar-refractivity contribution in [1.82, 2.24) is 10.6 Å². The molecule has 2 fully saturated rings. The summed E-state index contributed by atoms with van der Waals surface area (Å²) in [6.07, 6.45) is 0.414. The zero-order valence-corrected chi connectivity index (χ0v) is 22.0. The highest BCUT2D eigenvalue weighted by Crippen LogP contribution is 2.28. The number of halogens is 1. The van der Waals surface area contributed by atoms with Crippen LogP contribution >= 0.6 is 11.8 Å². The normalized spacial score (nSPS) is 19.0. The molecule has 0 aliphatic carbocycles. The van der Waals surface area contributed by atoms with Crippen molar-refractivity contribution in [2.45, 2.75) is 44.9 Å². The van der Waals surface area contributed by atoms with Crippen LogP contribution in [0.2, 0.25) is 0 Å². The van der Waals surface area contributed by atoms with Crippen LogP contribution in [0.3, 0.4) is 0 Å². The van der Waals surface area contributed by atoms with Gasteiger partial charge in [-0.1, -0.05) is 0 Å². The molecule has 2 heterocycles. The van der Waals surface area contributed by atoms with Crippen molar-refractivity contribution >= 4 is 41.2 Å². The molecule has 0 bridgehead atoms. The number of nitrogens with one attached hydrogen (secondary N) is 2. The summed E-state index contributed by atoms with van der Waals surface area (Å²) in [6.45, 7) is 7.72. The van der Waals surface area contributed by atoms with Gasteiger partial charge in [-0.3, -0.25) is 9.69 Å². The van der Waals surface area contributed by atoms with E-state index in [2.05, 4.69) is 10.6 Å². The van der Waals surface area contributed by atoms with Crippen LogP contribution in [0.4, 0.5) is 25.4 Å². The number of rotatable bonds is 9. The quantitative estimate of drug-likeness (QED) is 0.506. The molecule has 0 aromatic heterocycles. The van der Waals surface area contributed by atoms with Gasteiger partial charge in [-0.15, -0.1) is 0 Å². The minimum Gasteiger partial charge on any atom is -0.444 e. The molecule has 2 N–H and O–H groups in total. The van der Waals surface area contributed by atoms with Crippen molar-refractivity contribution in [2.75, 3.05) is 61.2 Å². The fraction of sp³-hybridized carbons (Fsp3) is 0.625. The first-order valence-corrected chi connectivity index (χ1v) is 13.3. The zero-order chi connectivity index (χ0) is 26.3. The maximum absolute atomic E-state index is 14.8. The van der Waals surface area contributed by atoms with Crippen LogP contribution in [0.1, 0.15) is 27.2 Å². The lowest BCUT2D eigenvalue weighted by Gasteiger charge is -2.29. The van der Waals surface area contributed by atoms with E-state index in [0.717, 1.165) is 0 Å². The predicted molar refractivity (Wildman–Crippen MR) is 136 cm³/mol. The number of amides is 3. The molecule has 0 saturated carbocycles. The van der Waals surface area contributed by atoms with Gasteiger partial charge >= 0.3 is 12.2 Å². The van der Waals surface area contributed by atoms with Gasteiger partial charge in [-0.05, 0) is 57.4 Å². The summed E-state index contributed by atoms with van der Waals surface area (Å²) in [5.41, 5.74) is 0.159. The number of carbonyl (C=O) groups is 3. The number of thioether (sulfide) groups is 1. The summed E-state index contributed by atoms with van der Waals surface area (Å²) in [6, 6.07) is 3.86. The lowest BCUT2D eigenvalue weighted by atomic mass is 10.2. The smallest absolute Gasteiger partial charge is 0.414 e. The molecule has 0 unspecified atom stereocenters. The molecule has 3 amide bonds. The number of hydrogen-bond donors (Lipinski definition) is 2. The minimum absolute atomic E-state index is 0.0567. The van der Waals surface area contributed by atoms with E-state index in [0.29, 0.717) is 49.9 Å². The number of morpholine rings is 1. The van der Waals surface area contributed by atoms with E-state index < -0.39 is 41.7 Å². The molecule has 2 aliphatic rings. The topological polar surface area (TPSA) is 109 Å². The summed E-state index contributed by atoms with van der Waals surface area (Å²) in [5.74, 6) is -0.166. The third-order valence-corrected chi connectivity index (χ3v) is 6.23. The van der Waals surface area contributed by atoms with Gasteiger partial charge < -0.3 is 29.7 Å². The highest BCUT2D eigenvalue weighted by atomic mass is 32.2. The molecular weight excluding hydrogens is 491 g/mol. The Hall–Kier alpha value is -2.73. The number of nitrogens with zero attached hydrogens (tertiary/aromatic N) is 2. The van der Waals surface area contributed by atoms with Gasteiger partial charge in [0.25, 0.3) is 0 Å². The zero-order valence-electron chi connectivity index (χ0n) is 21.2. The summed E-state index contributed by atoms with van der Waals surface area (Å²) < 4.78 is 30.7. The van der Waals surface area contributed by atoms with Gasteiger partial charge in [0.05, 0.1) is 37.7 Å². The van der Waals surface area contributed by atoms with Crippen LogP contribution in [0.25, 0.3) is 0 Å². The van der Waals surface area contributed by atoms with Crippen molar-refractivity contribution < 1.29 is 33.0 Å². The van der Waals surface area contributed by atoms with Crippen molar-refractivity contribution in [3.8, 4) is 0 Å². The Morgan fingerprint density at radius 3 is 2.64 bits per heavy atom. The van der Waals surface area contributed by atoms with E-state index in [-0.39, 0.29) is 13.1 Å². The van der Waals surface area contributed by atoms with E-state index in [4.69, 9.17) is 14.2 Å². The lowest BCUT2D eigenvalue weighted by molar-refractivity contribution is -0.123. The second-order valence-corrected chi connectivity index (χ2v) is 10.6. The molecule has 2 aliphatic heterocycles. The van der Waals surface area contributed by atoms with Gasteiger partial charge in [0.1, 0.15) is 23.6 Å². The molecule has 0 radical (unpaired) electrons. The van der Waals surface area contributed by atoms with Crippen molar-refractivity contribution in [3.63, 3.8) is 0 Å². The third-order valence-electron chi connectivity index (χ3n) is 5.59. The second kappa shape index (κ2) is 12.5. The van der Waals surface area contributed by atoms with Crippen molar-refractivity contribution in [1.29, 1.82) is 0 Å². The summed E-state index contributed by atoms with van der Waals surface area (Å²) >= 11 is 1.55. The average Bonchev–Trinajstić information content (AvgIpc) is 3.20. The van der Waals surface area contributed by atoms with Crippen molar-refractivity contribution in [3.05, 3.63) is 24.0 Å². The Balaban J connectivity index is 1.56. The molecule has 36 heavy (non-hydrogen) atoms. The van der Waals surface area contributed by atoms with Gasteiger partial charge in [0.2, 0.25) is 5.91 Å². The lowest BCUT2D eigenvalue weighted by Crippen LogP contribution is -2.50. The molecule has 2 atom stereocenters. The van der Waals surface area contributed by atoms with Gasteiger partial charge in [-0.2, -0.15) is 11.8 Å². The number of hydrogen-bond acceptors (Lipinski definition) is 8. The SMILES string of the molecule is CSCC[C@H](NC(=O)OC(C)(C)C)C(=O)NC[C@H]1CN(c2ccc(N3CCOCC3)c(F)c2)C(=O)O1. The van der Waals surface area contributed by atoms with E-state index in [9.17, 15) is 18.8 Å². The maximum atomic E-state index is 14.8. The first-order chi connectivity index (χ1) is 17.1. The third kappa shape index (κ3) is 7.89. The number of anilines is 2. The molecule has 10 nitrogen and oxygen atoms in total. The number of ether oxygens (including phenoxy) is 3. The molecule has 2 saturated heterocycles.